The second-order valence-electron chi connectivity index (χ2n) is 6.83. The highest BCUT2D eigenvalue weighted by molar-refractivity contribution is 8.01. The van der Waals surface area contributed by atoms with Crippen LogP contribution in [0.5, 0.6) is 0 Å². The fourth-order valence-electron chi connectivity index (χ4n) is 2.87. The summed E-state index contributed by atoms with van der Waals surface area (Å²) in [6.45, 7) is 3.83. The Bertz CT molecular complexity index is 1300. The molecule has 3 heterocycles. The largest absolute Gasteiger partial charge is 0.382 e. The highest BCUT2D eigenvalue weighted by atomic mass is 35.5. The lowest BCUT2D eigenvalue weighted by Gasteiger charge is -2.17. The van der Waals surface area contributed by atoms with Crippen LogP contribution in [0.1, 0.15) is 20.3 Å². The molecule has 13 heteroatoms. The number of aryl methyl sites for hydroxylation is 1. The third-order valence-corrected chi connectivity index (χ3v) is 8.62. The number of hydrogen-bond acceptors (Lipinski definition) is 9. The van der Waals surface area contributed by atoms with Crippen molar-refractivity contribution in [1.82, 2.24) is 24.5 Å². The van der Waals surface area contributed by atoms with Crippen LogP contribution in [0.15, 0.2) is 34.0 Å². The Balaban J connectivity index is 1.68. The van der Waals surface area contributed by atoms with Gasteiger partial charge in [-0.1, -0.05) is 24.6 Å². The molecule has 0 saturated carbocycles. The quantitative estimate of drug-likeness (QED) is 0.328. The number of rotatable bonds is 8. The van der Waals surface area contributed by atoms with Gasteiger partial charge in [-0.15, -0.1) is 11.3 Å². The summed E-state index contributed by atoms with van der Waals surface area (Å²) < 4.78 is 21.2. The lowest BCUT2D eigenvalue weighted by atomic mass is 10.3. The van der Waals surface area contributed by atoms with Crippen LogP contribution >= 0.6 is 42.3 Å². The maximum absolute atomic E-state index is 12.5. The van der Waals surface area contributed by atoms with Crippen LogP contribution in [0.2, 0.25) is 5.02 Å². The van der Waals surface area contributed by atoms with E-state index in [1.54, 1.807) is 11.5 Å². The standard InChI is InChI=1S/C18H20ClN6O3PS2/c1-3-10(2)28-29(26,27)8-7-25-16-13(15(20)21-9-22-16)24-17(25)31-18-23-12-6-4-5-11(19)14(12)30-18/h4-6,9-10H,3,7-8H2,1-2H3,(H,26,27)(H2,20,21,22). The zero-order valence-electron chi connectivity index (χ0n) is 16.7. The molecule has 0 aliphatic rings. The van der Waals surface area contributed by atoms with E-state index in [9.17, 15) is 9.46 Å². The van der Waals surface area contributed by atoms with E-state index in [2.05, 4.69) is 19.9 Å². The van der Waals surface area contributed by atoms with Crippen LogP contribution in [-0.2, 0) is 15.6 Å². The van der Waals surface area contributed by atoms with Gasteiger partial charge in [0.25, 0.3) is 0 Å². The maximum Gasteiger partial charge on any atom is 0.330 e. The van der Waals surface area contributed by atoms with E-state index in [1.165, 1.54) is 29.4 Å². The molecule has 0 spiro atoms. The molecule has 2 atom stereocenters. The Labute approximate surface area is 191 Å². The van der Waals surface area contributed by atoms with E-state index in [1.807, 2.05) is 25.1 Å². The molecule has 2 unspecified atom stereocenters. The van der Waals surface area contributed by atoms with Gasteiger partial charge in [-0.05, 0) is 37.2 Å². The summed E-state index contributed by atoms with van der Waals surface area (Å²) in [7, 11) is -3.79. The number of nitrogens with zero attached hydrogens (tertiary/aromatic N) is 5. The topological polar surface area (TPSA) is 129 Å². The van der Waals surface area contributed by atoms with Crippen molar-refractivity contribution in [1.29, 1.82) is 0 Å². The Kier molecular flexibility index (Phi) is 6.52. The predicted octanol–water partition coefficient (Wildman–Crippen LogP) is 4.82. The number of fused-ring (bicyclic) bond motifs is 2. The summed E-state index contributed by atoms with van der Waals surface area (Å²) in [6.07, 6.45) is 1.58. The minimum atomic E-state index is -3.79. The molecule has 0 saturated heterocycles. The number of anilines is 1. The Morgan fingerprint density at radius 2 is 2.19 bits per heavy atom. The van der Waals surface area contributed by atoms with Crippen LogP contribution in [0.3, 0.4) is 0 Å². The number of aromatic nitrogens is 5. The normalized spacial score (nSPS) is 14.8. The Morgan fingerprint density at radius 3 is 2.94 bits per heavy atom. The lowest BCUT2D eigenvalue weighted by molar-refractivity contribution is 0.185. The van der Waals surface area contributed by atoms with Gasteiger partial charge in [-0.25, -0.2) is 19.9 Å². The molecule has 3 aromatic heterocycles. The third kappa shape index (κ3) is 4.87. The molecule has 4 rings (SSSR count). The molecule has 0 fully saturated rings. The molecule has 0 aliphatic heterocycles. The molecule has 1 aromatic carbocycles. The monoisotopic (exact) mass is 498 g/mol. The number of hydrogen-bond donors (Lipinski definition) is 2. The van der Waals surface area contributed by atoms with Crippen molar-refractivity contribution >= 4 is 69.5 Å². The van der Waals surface area contributed by atoms with Gasteiger partial charge in [0.05, 0.1) is 27.5 Å². The third-order valence-electron chi connectivity index (χ3n) is 4.58. The van der Waals surface area contributed by atoms with Crippen molar-refractivity contribution in [2.24, 2.45) is 0 Å². The summed E-state index contributed by atoms with van der Waals surface area (Å²) in [5, 5.41) is 1.18. The molecule has 31 heavy (non-hydrogen) atoms. The van der Waals surface area contributed by atoms with Gasteiger partial charge in [-0.2, -0.15) is 0 Å². The first-order chi connectivity index (χ1) is 14.8. The first kappa shape index (κ1) is 22.4. The van der Waals surface area contributed by atoms with Gasteiger partial charge < -0.3 is 19.7 Å². The fourth-order valence-corrected chi connectivity index (χ4v) is 6.49. The molecule has 0 amide bonds. The van der Waals surface area contributed by atoms with E-state index in [4.69, 9.17) is 21.9 Å². The second kappa shape index (κ2) is 9.01. The predicted molar refractivity (Wildman–Crippen MR) is 124 cm³/mol. The first-order valence-electron chi connectivity index (χ1n) is 9.47. The van der Waals surface area contributed by atoms with E-state index in [0.29, 0.717) is 27.8 Å². The lowest BCUT2D eigenvalue weighted by Crippen LogP contribution is -2.11. The van der Waals surface area contributed by atoms with Gasteiger partial charge >= 0.3 is 7.60 Å². The summed E-state index contributed by atoms with van der Waals surface area (Å²) in [4.78, 5) is 27.7. The van der Waals surface area contributed by atoms with Crippen molar-refractivity contribution in [3.63, 3.8) is 0 Å². The summed E-state index contributed by atoms with van der Waals surface area (Å²) >= 11 is 9.04. The van der Waals surface area contributed by atoms with Crippen LogP contribution in [0.4, 0.5) is 5.82 Å². The zero-order chi connectivity index (χ0) is 22.2. The zero-order valence-corrected chi connectivity index (χ0v) is 20.0. The molecular formula is C18H20ClN6O3PS2. The van der Waals surface area contributed by atoms with E-state index >= 15 is 0 Å². The average Bonchev–Trinajstić information content (AvgIpc) is 3.29. The first-order valence-corrected chi connectivity index (χ1v) is 13.2. The summed E-state index contributed by atoms with van der Waals surface area (Å²) in [5.74, 6) is 0.237. The smallest absolute Gasteiger partial charge is 0.330 e. The van der Waals surface area contributed by atoms with Crippen LogP contribution in [-0.4, -0.2) is 41.7 Å². The number of nitrogen functional groups attached to an aromatic ring is 1. The highest BCUT2D eigenvalue weighted by Gasteiger charge is 2.25. The van der Waals surface area contributed by atoms with Crippen molar-refractivity contribution in [2.75, 3.05) is 11.9 Å². The number of thiazole rings is 1. The fraction of sp³-hybridized carbons (Fsp3) is 0.333. The van der Waals surface area contributed by atoms with E-state index < -0.39 is 7.60 Å². The minimum Gasteiger partial charge on any atom is -0.382 e. The molecule has 9 nitrogen and oxygen atoms in total. The molecular weight excluding hydrogens is 479 g/mol. The number of benzene rings is 1. The number of imidazole rings is 1. The van der Waals surface area contributed by atoms with Crippen molar-refractivity contribution in [2.45, 2.75) is 42.4 Å². The molecule has 0 aliphatic carbocycles. The van der Waals surface area contributed by atoms with Crippen LogP contribution in [0.25, 0.3) is 21.4 Å². The highest BCUT2D eigenvalue weighted by Crippen LogP contribution is 2.44. The Hall–Kier alpha value is -1.75. The van der Waals surface area contributed by atoms with Gasteiger partial charge in [0.2, 0.25) is 0 Å². The SMILES string of the molecule is CCC(C)OP(=O)(O)CCn1c(Sc2nc3cccc(Cl)c3s2)nc2c(N)ncnc21. The molecule has 0 bridgehead atoms. The van der Waals surface area contributed by atoms with Crippen molar-refractivity contribution < 1.29 is 14.0 Å². The van der Waals surface area contributed by atoms with Gasteiger partial charge in [0.15, 0.2) is 26.5 Å². The van der Waals surface area contributed by atoms with E-state index in [0.717, 1.165) is 14.6 Å². The molecule has 0 radical (unpaired) electrons. The number of nitrogens with two attached hydrogens (primary N) is 1. The van der Waals surface area contributed by atoms with Crippen molar-refractivity contribution in [3.8, 4) is 0 Å². The second-order valence-corrected chi connectivity index (χ2v) is 11.4. The van der Waals surface area contributed by atoms with Gasteiger partial charge in [0, 0.05) is 6.54 Å². The average molecular weight is 499 g/mol. The van der Waals surface area contributed by atoms with Gasteiger partial charge in [-0.3, -0.25) is 4.57 Å². The number of halogens is 1. The molecule has 3 N–H and O–H groups in total. The van der Waals surface area contributed by atoms with E-state index in [-0.39, 0.29) is 24.6 Å². The van der Waals surface area contributed by atoms with Crippen LogP contribution in [0, 0.1) is 0 Å². The molecule has 164 valence electrons. The Morgan fingerprint density at radius 1 is 1.39 bits per heavy atom. The minimum absolute atomic E-state index is 0.0913. The summed E-state index contributed by atoms with van der Waals surface area (Å²) in [5.41, 5.74) is 7.69. The van der Waals surface area contributed by atoms with Gasteiger partial charge in [0.1, 0.15) is 6.33 Å². The summed E-state index contributed by atoms with van der Waals surface area (Å²) in [6, 6.07) is 5.56. The van der Waals surface area contributed by atoms with Crippen molar-refractivity contribution in [3.05, 3.63) is 29.5 Å². The van der Waals surface area contributed by atoms with Crippen LogP contribution < -0.4 is 5.73 Å². The maximum atomic E-state index is 12.5. The molecule has 4 aromatic rings.